The molecule has 21 heavy (non-hydrogen) atoms. The minimum atomic E-state index is -0.0599. The molecule has 1 aromatic carbocycles. The number of carbonyl (C=O) groups excluding carboxylic acids is 2. The number of aryl methyl sites for hydroxylation is 2. The van der Waals surface area contributed by atoms with Crippen LogP contribution in [0.5, 0.6) is 0 Å². The van der Waals surface area contributed by atoms with Gasteiger partial charge in [0.2, 0.25) is 11.8 Å². The van der Waals surface area contributed by atoms with Crippen LogP contribution in [0.3, 0.4) is 0 Å². The van der Waals surface area contributed by atoms with Crippen LogP contribution in [-0.2, 0) is 16.0 Å². The van der Waals surface area contributed by atoms with Gasteiger partial charge in [-0.25, -0.2) is 0 Å². The largest absolute Gasteiger partial charge is 0.353 e. The number of piperidine rings is 1. The van der Waals surface area contributed by atoms with E-state index in [1.807, 2.05) is 0 Å². The zero-order valence-electron chi connectivity index (χ0n) is 12.5. The number of carbonyl (C=O) groups is 2. The summed E-state index contributed by atoms with van der Waals surface area (Å²) < 4.78 is 0. The summed E-state index contributed by atoms with van der Waals surface area (Å²) in [5.41, 5.74) is 3.52. The van der Waals surface area contributed by atoms with Crippen molar-refractivity contribution in [3.63, 3.8) is 0 Å². The minimum absolute atomic E-state index is 0.0256. The summed E-state index contributed by atoms with van der Waals surface area (Å²) in [6.07, 6.45) is 3.83. The van der Waals surface area contributed by atoms with E-state index < -0.39 is 0 Å². The molecule has 1 N–H and O–H groups in total. The standard InChI is InChI=1S/C17H20N2O2/c1-10-3-4-12-5-6-17-8-13(14(9-17)18-11(2)20)16(21)19(17)15(12)7-10/h3-4,7,13-14H,5-6,8-9H2,1-2H3,(H,18,20)/t13-,14-,17+/m1/s1. The molecule has 0 unspecified atom stereocenters. The van der Waals surface area contributed by atoms with Crippen molar-refractivity contribution >= 4 is 17.5 Å². The average molecular weight is 284 g/mol. The molecular weight excluding hydrogens is 264 g/mol. The lowest BCUT2D eigenvalue weighted by Gasteiger charge is -2.45. The topological polar surface area (TPSA) is 49.4 Å². The van der Waals surface area contributed by atoms with Crippen LogP contribution in [-0.4, -0.2) is 23.4 Å². The lowest BCUT2D eigenvalue weighted by atomic mass is 9.83. The Morgan fingerprint density at radius 2 is 2.19 bits per heavy atom. The lowest BCUT2D eigenvalue weighted by Crippen LogP contribution is -2.56. The number of anilines is 1. The first-order valence-corrected chi connectivity index (χ1v) is 7.71. The molecule has 4 rings (SSSR count). The Kier molecular flexibility index (Phi) is 2.51. The van der Waals surface area contributed by atoms with Crippen molar-refractivity contribution in [3.05, 3.63) is 29.3 Å². The molecule has 2 bridgehead atoms. The van der Waals surface area contributed by atoms with E-state index in [0.717, 1.165) is 31.4 Å². The molecule has 4 nitrogen and oxygen atoms in total. The van der Waals surface area contributed by atoms with E-state index in [1.54, 1.807) is 0 Å². The maximum atomic E-state index is 12.8. The molecule has 0 aromatic heterocycles. The average Bonchev–Trinajstić information content (AvgIpc) is 2.90. The Bertz CT molecular complexity index is 654. The first-order chi connectivity index (χ1) is 10.00. The Balaban J connectivity index is 1.74. The highest BCUT2D eigenvalue weighted by molar-refractivity contribution is 6.02. The number of nitrogens with zero attached hydrogens (tertiary/aromatic N) is 1. The van der Waals surface area contributed by atoms with E-state index in [1.165, 1.54) is 18.1 Å². The second-order valence-electron chi connectivity index (χ2n) is 6.85. The summed E-state index contributed by atoms with van der Waals surface area (Å²) in [7, 11) is 0. The van der Waals surface area contributed by atoms with E-state index in [-0.39, 0.29) is 29.3 Å². The van der Waals surface area contributed by atoms with Crippen LogP contribution >= 0.6 is 0 Å². The van der Waals surface area contributed by atoms with Crippen LogP contribution in [0.1, 0.15) is 37.3 Å². The Hall–Kier alpha value is -1.84. The molecule has 2 amide bonds. The van der Waals surface area contributed by atoms with Crippen molar-refractivity contribution in [2.24, 2.45) is 5.92 Å². The molecule has 1 spiro atoms. The van der Waals surface area contributed by atoms with Crippen molar-refractivity contribution in [1.82, 2.24) is 5.32 Å². The van der Waals surface area contributed by atoms with Gasteiger partial charge in [0.05, 0.1) is 11.5 Å². The van der Waals surface area contributed by atoms with Crippen molar-refractivity contribution in [1.29, 1.82) is 0 Å². The predicted molar refractivity (Wildman–Crippen MR) is 80.0 cm³/mol. The summed E-state index contributed by atoms with van der Waals surface area (Å²) in [6.45, 7) is 3.60. The molecule has 2 heterocycles. The maximum absolute atomic E-state index is 12.8. The predicted octanol–water partition coefficient (Wildman–Crippen LogP) is 1.94. The van der Waals surface area contributed by atoms with Crippen LogP contribution < -0.4 is 10.2 Å². The molecule has 1 aromatic rings. The molecule has 1 saturated heterocycles. The molecule has 1 aliphatic carbocycles. The fraction of sp³-hybridized carbons (Fsp3) is 0.529. The molecule has 2 aliphatic heterocycles. The second-order valence-corrected chi connectivity index (χ2v) is 6.85. The Morgan fingerprint density at radius 1 is 1.38 bits per heavy atom. The highest BCUT2D eigenvalue weighted by atomic mass is 16.2. The molecule has 3 atom stereocenters. The van der Waals surface area contributed by atoms with Gasteiger partial charge in [-0.1, -0.05) is 12.1 Å². The smallest absolute Gasteiger partial charge is 0.232 e. The van der Waals surface area contributed by atoms with E-state index in [9.17, 15) is 9.59 Å². The van der Waals surface area contributed by atoms with E-state index >= 15 is 0 Å². The summed E-state index contributed by atoms with van der Waals surface area (Å²) in [6, 6.07) is 6.44. The summed E-state index contributed by atoms with van der Waals surface area (Å²) in [5.74, 6) is 0.127. The van der Waals surface area contributed by atoms with Crippen molar-refractivity contribution < 1.29 is 9.59 Å². The highest BCUT2D eigenvalue weighted by Gasteiger charge is 2.61. The SMILES string of the molecule is CC(=O)N[C@@H]1C[C@@]23CCc4ccc(C)cc4N2C(=O)[C@@H]1C3. The van der Waals surface area contributed by atoms with E-state index in [2.05, 4.69) is 35.3 Å². The van der Waals surface area contributed by atoms with Gasteiger partial charge in [0.15, 0.2) is 0 Å². The van der Waals surface area contributed by atoms with Gasteiger partial charge in [-0.2, -0.15) is 0 Å². The van der Waals surface area contributed by atoms with Crippen LogP contribution in [0, 0.1) is 12.8 Å². The number of nitrogens with one attached hydrogen (secondary N) is 1. The van der Waals surface area contributed by atoms with Gasteiger partial charge in [-0.05, 0) is 49.8 Å². The van der Waals surface area contributed by atoms with Crippen molar-refractivity contribution in [3.8, 4) is 0 Å². The number of fused-ring (bicyclic) bond motifs is 3. The lowest BCUT2D eigenvalue weighted by molar-refractivity contribution is -0.124. The van der Waals surface area contributed by atoms with Crippen molar-refractivity contribution in [2.45, 2.75) is 51.1 Å². The molecule has 3 aliphatic rings. The number of hydrogen-bond acceptors (Lipinski definition) is 2. The quantitative estimate of drug-likeness (QED) is 0.857. The zero-order valence-corrected chi connectivity index (χ0v) is 12.5. The Morgan fingerprint density at radius 3 is 2.95 bits per heavy atom. The van der Waals surface area contributed by atoms with Gasteiger partial charge in [0, 0.05) is 18.7 Å². The van der Waals surface area contributed by atoms with Crippen LogP contribution in [0.2, 0.25) is 0 Å². The van der Waals surface area contributed by atoms with Crippen LogP contribution in [0.25, 0.3) is 0 Å². The molecule has 110 valence electrons. The van der Waals surface area contributed by atoms with Gasteiger partial charge in [0.25, 0.3) is 0 Å². The fourth-order valence-corrected chi connectivity index (χ4v) is 4.59. The summed E-state index contributed by atoms with van der Waals surface area (Å²) in [4.78, 5) is 26.2. The number of benzene rings is 1. The Labute approximate surface area is 124 Å². The molecular formula is C17H20N2O2. The third kappa shape index (κ3) is 1.68. The van der Waals surface area contributed by atoms with Crippen LogP contribution in [0.15, 0.2) is 18.2 Å². The van der Waals surface area contributed by atoms with Gasteiger partial charge in [-0.3, -0.25) is 9.59 Å². The first-order valence-electron chi connectivity index (χ1n) is 7.71. The van der Waals surface area contributed by atoms with Crippen molar-refractivity contribution in [2.75, 3.05) is 4.90 Å². The monoisotopic (exact) mass is 284 g/mol. The van der Waals surface area contributed by atoms with Gasteiger partial charge >= 0.3 is 0 Å². The van der Waals surface area contributed by atoms with Gasteiger partial charge in [-0.15, -0.1) is 0 Å². The molecule has 1 saturated carbocycles. The summed E-state index contributed by atoms with van der Waals surface area (Å²) >= 11 is 0. The minimum Gasteiger partial charge on any atom is -0.353 e. The molecule has 2 fully saturated rings. The van der Waals surface area contributed by atoms with Gasteiger partial charge < -0.3 is 10.2 Å². The first kappa shape index (κ1) is 12.9. The highest BCUT2D eigenvalue weighted by Crippen LogP contribution is 2.54. The fourth-order valence-electron chi connectivity index (χ4n) is 4.59. The molecule has 0 radical (unpaired) electrons. The van der Waals surface area contributed by atoms with Gasteiger partial charge in [0.1, 0.15) is 0 Å². The summed E-state index contributed by atoms with van der Waals surface area (Å²) in [5, 5.41) is 2.98. The normalized spacial score (nSPS) is 32.9. The van der Waals surface area contributed by atoms with Crippen LogP contribution in [0.4, 0.5) is 5.69 Å². The van der Waals surface area contributed by atoms with E-state index in [4.69, 9.17) is 0 Å². The number of hydrogen-bond donors (Lipinski definition) is 1. The third-order valence-corrected chi connectivity index (χ3v) is 5.43. The molecule has 4 heteroatoms. The number of rotatable bonds is 1. The number of amides is 2. The van der Waals surface area contributed by atoms with E-state index in [0.29, 0.717) is 0 Å². The second kappa shape index (κ2) is 4.09. The third-order valence-electron chi connectivity index (χ3n) is 5.43. The maximum Gasteiger partial charge on any atom is 0.232 e. The zero-order chi connectivity index (χ0) is 14.8.